The van der Waals surface area contributed by atoms with Gasteiger partial charge in [0.25, 0.3) is 0 Å². The second-order valence-electron chi connectivity index (χ2n) is 5.97. The lowest BCUT2D eigenvalue weighted by Crippen LogP contribution is -1.94. The van der Waals surface area contributed by atoms with Crippen LogP contribution in [-0.4, -0.2) is 5.11 Å². The predicted molar refractivity (Wildman–Crippen MR) is 107 cm³/mol. The van der Waals surface area contributed by atoms with Gasteiger partial charge in [-0.2, -0.15) is 0 Å². The highest BCUT2D eigenvalue weighted by atomic mass is 79.9. The van der Waals surface area contributed by atoms with Crippen molar-refractivity contribution in [2.24, 2.45) is 0 Å². The largest absolute Gasteiger partial charge is 0.508 e. The van der Waals surface area contributed by atoms with Crippen molar-refractivity contribution in [2.75, 3.05) is 0 Å². The van der Waals surface area contributed by atoms with Crippen molar-refractivity contribution in [3.63, 3.8) is 0 Å². The van der Waals surface area contributed by atoms with Crippen LogP contribution >= 0.6 is 15.9 Å². The number of rotatable bonds is 1. The molecule has 0 aromatic heterocycles. The van der Waals surface area contributed by atoms with E-state index < -0.39 is 0 Å². The molecule has 1 nitrogen and oxygen atoms in total. The van der Waals surface area contributed by atoms with Gasteiger partial charge in [-0.25, -0.2) is 0 Å². The molecule has 0 aliphatic rings. The Kier molecular flexibility index (Phi) is 6.22. The molecule has 0 radical (unpaired) electrons. The van der Waals surface area contributed by atoms with Gasteiger partial charge in [0.1, 0.15) is 5.75 Å². The lowest BCUT2D eigenvalue weighted by atomic mass is 9.90. The molecule has 0 fully saturated rings. The molecule has 0 saturated heterocycles. The number of phenolic OH excluding ortho intramolecular Hbond substituents is 1. The van der Waals surface area contributed by atoms with Gasteiger partial charge < -0.3 is 5.11 Å². The summed E-state index contributed by atoms with van der Waals surface area (Å²) in [5, 5.41) is 8.63. The van der Waals surface area contributed by atoms with Gasteiger partial charge >= 0.3 is 0 Å². The highest BCUT2D eigenvalue weighted by Gasteiger charge is 2.12. The van der Waals surface area contributed by atoms with Crippen LogP contribution in [0.4, 0.5) is 0 Å². The van der Waals surface area contributed by atoms with Gasteiger partial charge in [0, 0.05) is 4.47 Å². The van der Waals surface area contributed by atoms with E-state index in [0.717, 1.165) is 0 Å². The molecule has 0 unspecified atom stereocenters. The predicted octanol–water partition coefficient (Wildman–Crippen LogP) is 6.74. The molecule has 0 aliphatic carbocycles. The van der Waals surface area contributed by atoms with E-state index in [0.29, 0.717) is 5.75 Å². The first-order chi connectivity index (χ1) is 11.4. The Morgan fingerprint density at radius 1 is 0.625 bits per heavy atom. The Morgan fingerprint density at radius 2 is 1.17 bits per heavy atom. The first kappa shape index (κ1) is 18.3. The Balaban J connectivity index is 0.000000249. The van der Waals surface area contributed by atoms with E-state index in [1.807, 2.05) is 6.07 Å². The first-order valence-corrected chi connectivity index (χ1v) is 8.77. The van der Waals surface area contributed by atoms with Crippen LogP contribution in [0.25, 0.3) is 11.1 Å². The van der Waals surface area contributed by atoms with E-state index in [-0.39, 0.29) is 0 Å². The van der Waals surface area contributed by atoms with E-state index in [1.165, 1.54) is 37.9 Å². The van der Waals surface area contributed by atoms with Crippen LogP contribution in [0.15, 0.2) is 65.1 Å². The van der Waals surface area contributed by atoms with Crippen LogP contribution in [0.3, 0.4) is 0 Å². The van der Waals surface area contributed by atoms with E-state index in [9.17, 15) is 0 Å². The van der Waals surface area contributed by atoms with Gasteiger partial charge in [0.2, 0.25) is 0 Å². The number of phenols is 1. The van der Waals surface area contributed by atoms with Crippen molar-refractivity contribution in [3.05, 3.63) is 87.4 Å². The van der Waals surface area contributed by atoms with Crippen LogP contribution < -0.4 is 0 Å². The number of halogens is 1. The fraction of sp³-hybridized carbons (Fsp3) is 0.182. The minimum Gasteiger partial charge on any atom is -0.508 e. The normalized spacial score (nSPS) is 10.0. The Morgan fingerprint density at radius 3 is 1.67 bits per heavy atom. The molecule has 0 amide bonds. The summed E-state index contributed by atoms with van der Waals surface area (Å²) in [5.41, 5.74) is 8.09. The molecule has 3 aromatic carbocycles. The van der Waals surface area contributed by atoms with Crippen molar-refractivity contribution >= 4 is 15.9 Å². The number of benzene rings is 3. The van der Waals surface area contributed by atoms with Crippen LogP contribution in [0, 0.1) is 27.7 Å². The van der Waals surface area contributed by atoms with Crippen LogP contribution in [0.2, 0.25) is 0 Å². The monoisotopic (exact) mass is 382 g/mol. The molecule has 1 N–H and O–H groups in total. The average Bonchev–Trinajstić information content (AvgIpc) is 2.55. The van der Waals surface area contributed by atoms with Gasteiger partial charge in [-0.3, -0.25) is 0 Å². The minimum atomic E-state index is 0.322. The molecule has 2 heteroatoms. The molecule has 3 rings (SSSR count). The fourth-order valence-corrected chi connectivity index (χ4v) is 3.17. The summed E-state index contributed by atoms with van der Waals surface area (Å²) in [6.07, 6.45) is 0. The van der Waals surface area contributed by atoms with E-state index >= 15 is 0 Å². The van der Waals surface area contributed by atoms with Crippen molar-refractivity contribution in [1.82, 2.24) is 0 Å². The highest BCUT2D eigenvalue weighted by molar-refractivity contribution is 9.10. The lowest BCUT2D eigenvalue weighted by Gasteiger charge is -2.16. The van der Waals surface area contributed by atoms with Gasteiger partial charge in [-0.15, -0.1) is 0 Å². The van der Waals surface area contributed by atoms with Crippen molar-refractivity contribution in [3.8, 4) is 16.9 Å². The van der Waals surface area contributed by atoms with E-state index in [4.69, 9.17) is 5.11 Å². The zero-order valence-electron chi connectivity index (χ0n) is 14.6. The molecule has 0 aliphatic heterocycles. The number of para-hydroxylation sites is 1. The molecular formula is C22H23BrO. The quantitative estimate of drug-likeness (QED) is 0.493. The van der Waals surface area contributed by atoms with Crippen molar-refractivity contribution < 1.29 is 5.11 Å². The lowest BCUT2D eigenvalue weighted by molar-refractivity contribution is 0.475. The molecule has 0 atom stereocenters. The summed E-state index contributed by atoms with van der Waals surface area (Å²) in [6, 6.07) is 19.5. The topological polar surface area (TPSA) is 20.2 Å². The van der Waals surface area contributed by atoms with Gasteiger partial charge in [0.05, 0.1) is 0 Å². The molecule has 124 valence electrons. The summed E-state index contributed by atoms with van der Waals surface area (Å²) < 4.78 is 1.18. The molecule has 24 heavy (non-hydrogen) atoms. The molecule has 0 heterocycles. The maximum absolute atomic E-state index is 8.63. The molecule has 0 bridgehead atoms. The van der Waals surface area contributed by atoms with Crippen molar-refractivity contribution in [2.45, 2.75) is 27.7 Å². The zero-order valence-corrected chi connectivity index (χ0v) is 16.2. The molecule has 0 spiro atoms. The van der Waals surface area contributed by atoms with E-state index in [2.05, 4.69) is 74.0 Å². The summed E-state index contributed by atoms with van der Waals surface area (Å²) in [7, 11) is 0. The highest BCUT2D eigenvalue weighted by Crippen LogP contribution is 2.35. The van der Waals surface area contributed by atoms with Crippen molar-refractivity contribution in [1.29, 1.82) is 0 Å². The Hall–Kier alpha value is -2.06. The maximum Gasteiger partial charge on any atom is 0.115 e. The van der Waals surface area contributed by atoms with Gasteiger partial charge in [-0.05, 0) is 79.3 Å². The van der Waals surface area contributed by atoms with E-state index in [1.54, 1.807) is 24.3 Å². The summed E-state index contributed by atoms with van der Waals surface area (Å²) in [4.78, 5) is 0. The third-order valence-corrected chi connectivity index (χ3v) is 4.95. The summed E-state index contributed by atoms with van der Waals surface area (Å²) in [5.74, 6) is 0.322. The van der Waals surface area contributed by atoms with Crippen LogP contribution in [0.5, 0.6) is 5.75 Å². The first-order valence-electron chi connectivity index (χ1n) is 7.98. The Labute approximate surface area is 153 Å². The van der Waals surface area contributed by atoms with Crippen LogP contribution in [0.1, 0.15) is 22.3 Å². The smallest absolute Gasteiger partial charge is 0.115 e. The number of hydrogen-bond acceptors (Lipinski definition) is 1. The molecule has 0 saturated carbocycles. The summed E-state index contributed by atoms with van der Waals surface area (Å²) >= 11 is 3.63. The summed E-state index contributed by atoms with van der Waals surface area (Å²) in [6.45, 7) is 8.73. The standard InChI is InChI=1S/C16H17Br.C6H6O/c1-10-6-5-7-11(2)15(10)16-12(3)8-9-14(17)13(16)4;7-6-4-2-1-3-5-6/h5-9H,1-4H3;1-5,7H. The number of hydrogen-bond donors (Lipinski definition) is 1. The number of aromatic hydroxyl groups is 1. The second-order valence-corrected chi connectivity index (χ2v) is 6.82. The zero-order chi connectivity index (χ0) is 17.7. The number of aryl methyl sites for hydroxylation is 3. The second kappa shape index (κ2) is 8.16. The average molecular weight is 383 g/mol. The fourth-order valence-electron chi connectivity index (χ4n) is 2.84. The third kappa shape index (κ3) is 4.27. The maximum atomic E-state index is 8.63. The van der Waals surface area contributed by atoms with Crippen LogP contribution in [-0.2, 0) is 0 Å². The third-order valence-electron chi connectivity index (χ3n) is 4.09. The molecular weight excluding hydrogens is 360 g/mol. The Bertz CT molecular complexity index is 803. The SMILES string of the molecule is Cc1cccc(C)c1-c1c(C)ccc(Br)c1C.Oc1ccccc1. The minimum absolute atomic E-state index is 0.322. The van der Waals surface area contributed by atoms with Gasteiger partial charge in [0.15, 0.2) is 0 Å². The molecule has 3 aromatic rings. The van der Waals surface area contributed by atoms with Gasteiger partial charge in [-0.1, -0.05) is 58.4 Å².